The molecule has 26 heavy (non-hydrogen) atoms. The third-order valence-electron chi connectivity index (χ3n) is 4.75. The van der Waals surface area contributed by atoms with Gasteiger partial charge in [-0.25, -0.2) is 4.98 Å². The predicted octanol–water partition coefficient (Wildman–Crippen LogP) is 3.16. The van der Waals surface area contributed by atoms with Gasteiger partial charge in [-0.05, 0) is 43.9 Å². The van der Waals surface area contributed by atoms with Gasteiger partial charge < -0.3 is 14.7 Å². The predicted molar refractivity (Wildman–Crippen MR) is 97.9 cm³/mol. The van der Waals surface area contributed by atoms with Gasteiger partial charge in [-0.3, -0.25) is 4.79 Å². The summed E-state index contributed by atoms with van der Waals surface area (Å²) in [6, 6.07) is 7.74. The molecule has 0 aliphatic carbocycles. The number of piperidine rings is 1. The van der Waals surface area contributed by atoms with Crippen molar-refractivity contribution in [1.29, 1.82) is 0 Å². The van der Waals surface area contributed by atoms with E-state index in [4.69, 9.17) is 4.52 Å². The van der Waals surface area contributed by atoms with Crippen molar-refractivity contribution in [2.45, 2.75) is 32.7 Å². The number of nitrogens with one attached hydrogen (secondary N) is 1. The topological polar surface area (TPSA) is 84.1 Å². The molecule has 0 bridgehead atoms. The Morgan fingerprint density at radius 2 is 1.92 bits per heavy atom. The van der Waals surface area contributed by atoms with Gasteiger partial charge in [-0.2, -0.15) is 4.98 Å². The maximum atomic E-state index is 12.5. The van der Waals surface area contributed by atoms with E-state index < -0.39 is 0 Å². The highest BCUT2D eigenvalue weighted by atomic mass is 16.5. The number of carbonyl (C=O) groups excluding carboxylic acids is 1. The van der Waals surface area contributed by atoms with E-state index in [1.165, 1.54) is 12.7 Å². The van der Waals surface area contributed by atoms with E-state index >= 15 is 0 Å². The number of nitrogens with zero attached hydrogens (tertiary/aromatic N) is 4. The Morgan fingerprint density at radius 3 is 2.69 bits per heavy atom. The maximum absolute atomic E-state index is 12.5. The molecule has 0 radical (unpaired) electrons. The first-order chi connectivity index (χ1) is 12.7. The minimum absolute atomic E-state index is 0.127. The average molecular weight is 351 g/mol. The van der Waals surface area contributed by atoms with Crippen molar-refractivity contribution in [1.82, 2.24) is 20.0 Å². The summed E-state index contributed by atoms with van der Waals surface area (Å²) in [4.78, 5) is 22.8. The third kappa shape index (κ3) is 3.24. The SMILES string of the molecule is Cc1noc2ncnc(NCc3ccc(C(=O)N4CCCCC4)cc3)c12. The van der Waals surface area contributed by atoms with Crippen molar-refractivity contribution in [2.24, 2.45) is 0 Å². The first-order valence-electron chi connectivity index (χ1n) is 8.91. The molecular formula is C19H21N5O2. The second kappa shape index (κ2) is 7.11. The number of anilines is 1. The first kappa shape index (κ1) is 16.5. The lowest BCUT2D eigenvalue weighted by atomic mass is 10.1. The molecule has 1 N–H and O–H groups in total. The van der Waals surface area contributed by atoms with Crippen LogP contribution in [0.3, 0.4) is 0 Å². The van der Waals surface area contributed by atoms with Gasteiger partial charge in [0.1, 0.15) is 17.5 Å². The summed E-state index contributed by atoms with van der Waals surface area (Å²) in [5.74, 6) is 0.823. The Balaban J connectivity index is 1.44. The lowest BCUT2D eigenvalue weighted by Gasteiger charge is -2.26. The normalized spacial score (nSPS) is 14.6. The summed E-state index contributed by atoms with van der Waals surface area (Å²) in [5, 5.41) is 8.02. The van der Waals surface area contributed by atoms with E-state index in [0.29, 0.717) is 18.1 Å². The van der Waals surface area contributed by atoms with Crippen LogP contribution >= 0.6 is 0 Å². The van der Waals surface area contributed by atoms with Gasteiger partial charge in [-0.1, -0.05) is 17.3 Å². The van der Waals surface area contributed by atoms with Gasteiger partial charge in [0.05, 0.1) is 5.69 Å². The molecule has 3 aromatic rings. The molecule has 7 heteroatoms. The van der Waals surface area contributed by atoms with Crippen LogP contribution in [0.1, 0.15) is 40.9 Å². The van der Waals surface area contributed by atoms with E-state index in [1.54, 1.807) is 0 Å². The molecule has 0 spiro atoms. The number of hydrogen-bond acceptors (Lipinski definition) is 6. The molecule has 1 aromatic carbocycles. The number of rotatable bonds is 4. The summed E-state index contributed by atoms with van der Waals surface area (Å²) in [6.45, 7) is 4.18. The second-order valence-corrected chi connectivity index (χ2v) is 6.57. The highest BCUT2D eigenvalue weighted by Gasteiger charge is 2.18. The van der Waals surface area contributed by atoms with Crippen LogP contribution in [0.2, 0.25) is 0 Å². The summed E-state index contributed by atoms with van der Waals surface area (Å²) in [6.07, 6.45) is 4.87. The first-order valence-corrected chi connectivity index (χ1v) is 8.91. The zero-order valence-corrected chi connectivity index (χ0v) is 14.7. The molecule has 3 heterocycles. The van der Waals surface area contributed by atoms with Crippen LogP contribution < -0.4 is 5.32 Å². The summed E-state index contributed by atoms with van der Waals surface area (Å²) in [5.41, 5.74) is 3.05. The van der Waals surface area contributed by atoms with Crippen molar-refractivity contribution < 1.29 is 9.32 Å². The number of fused-ring (bicyclic) bond motifs is 1. The van der Waals surface area contributed by atoms with Gasteiger partial charge in [-0.15, -0.1) is 0 Å². The highest BCUT2D eigenvalue weighted by Crippen LogP contribution is 2.23. The van der Waals surface area contributed by atoms with Crippen LogP contribution in [0.25, 0.3) is 11.1 Å². The molecule has 1 amide bonds. The van der Waals surface area contributed by atoms with Crippen molar-refractivity contribution in [3.8, 4) is 0 Å². The summed E-state index contributed by atoms with van der Waals surface area (Å²) < 4.78 is 5.16. The fourth-order valence-corrected chi connectivity index (χ4v) is 3.29. The van der Waals surface area contributed by atoms with Crippen LogP contribution in [-0.4, -0.2) is 39.0 Å². The fourth-order valence-electron chi connectivity index (χ4n) is 3.29. The minimum atomic E-state index is 0.127. The van der Waals surface area contributed by atoms with Gasteiger partial charge in [0, 0.05) is 25.2 Å². The number of aryl methyl sites for hydroxylation is 1. The zero-order valence-electron chi connectivity index (χ0n) is 14.7. The van der Waals surface area contributed by atoms with Crippen molar-refractivity contribution in [3.05, 3.63) is 47.4 Å². The van der Waals surface area contributed by atoms with E-state index in [-0.39, 0.29) is 5.91 Å². The van der Waals surface area contributed by atoms with Gasteiger partial charge in [0.15, 0.2) is 0 Å². The molecule has 1 fully saturated rings. The van der Waals surface area contributed by atoms with Crippen LogP contribution in [-0.2, 0) is 6.54 Å². The molecule has 7 nitrogen and oxygen atoms in total. The van der Waals surface area contributed by atoms with E-state index in [1.807, 2.05) is 36.1 Å². The van der Waals surface area contributed by atoms with Crippen molar-refractivity contribution in [2.75, 3.05) is 18.4 Å². The molecule has 1 saturated heterocycles. The zero-order chi connectivity index (χ0) is 17.9. The van der Waals surface area contributed by atoms with Crippen molar-refractivity contribution >= 4 is 22.8 Å². The van der Waals surface area contributed by atoms with Crippen LogP contribution in [0.5, 0.6) is 0 Å². The average Bonchev–Trinajstić information content (AvgIpc) is 3.08. The number of likely N-dealkylation sites (tertiary alicyclic amines) is 1. The smallest absolute Gasteiger partial charge is 0.263 e. The Hall–Kier alpha value is -2.96. The lowest BCUT2D eigenvalue weighted by molar-refractivity contribution is 0.0724. The van der Waals surface area contributed by atoms with Gasteiger partial charge >= 0.3 is 0 Å². The van der Waals surface area contributed by atoms with Crippen LogP contribution in [0, 0.1) is 6.92 Å². The van der Waals surface area contributed by atoms with Gasteiger partial charge in [0.25, 0.3) is 11.6 Å². The molecule has 1 aliphatic heterocycles. The maximum Gasteiger partial charge on any atom is 0.263 e. The number of aromatic nitrogens is 3. The van der Waals surface area contributed by atoms with Crippen LogP contribution in [0.15, 0.2) is 35.1 Å². The highest BCUT2D eigenvalue weighted by molar-refractivity contribution is 5.94. The molecule has 2 aromatic heterocycles. The quantitative estimate of drug-likeness (QED) is 0.777. The number of amides is 1. The molecule has 0 unspecified atom stereocenters. The molecule has 4 rings (SSSR count). The number of carbonyl (C=O) groups is 1. The second-order valence-electron chi connectivity index (χ2n) is 6.57. The number of benzene rings is 1. The van der Waals surface area contributed by atoms with E-state index in [9.17, 15) is 4.79 Å². The number of hydrogen-bond donors (Lipinski definition) is 1. The molecule has 134 valence electrons. The Morgan fingerprint density at radius 1 is 1.15 bits per heavy atom. The largest absolute Gasteiger partial charge is 0.365 e. The van der Waals surface area contributed by atoms with Crippen molar-refractivity contribution in [3.63, 3.8) is 0 Å². The standard InChI is InChI=1S/C19H21N5O2/c1-13-16-17(21-12-22-18(16)26-23-13)20-11-14-5-7-15(8-6-14)19(25)24-9-3-2-4-10-24/h5-8,12H,2-4,9-11H2,1H3,(H,20,21,22). The summed E-state index contributed by atoms with van der Waals surface area (Å²) in [7, 11) is 0. The Bertz CT molecular complexity index is 913. The molecule has 0 atom stereocenters. The molecular weight excluding hydrogens is 330 g/mol. The summed E-state index contributed by atoms with van der Waals surface area (Å²) >= 11 is 0. The third-order valence-corrected chi connectivity index (χ3v) is 4.75. The fraction of sp³-hybridized carbons (Fsp3) is 0.368. The molecule has 1 aliphatic rings. The van der Waals surface area contributed by atoms with Gasteiger partial charge in [0.2, 0.25) is 0 Å². The molecule has 0 saturated carbocycles. The monoisotopic (exact) mass is 351 g/mol. The van der Waals surface area contributed by atoms with Crippen LogP contribution in [0.4, 0.5) is 5.82 Å². The lowest BCUT2D eigenvalue weighted by Crippen LogP contribution is -2.35. The Kier molecular flexibility index (Phi) is 4.51. The minimum Gasteiger partial charge on any atom is -0.365 e. The van der Waals surface area contributed by atoms with E-state index in [0.717, 1.165) is 48.1 Å². The van der Waals surface area contributed by atoms with E-state index in [2.05, 4.69) is 20.4 Å². The Labute approximate surface area is 151 Å².